The van der Waals surface area contributed by atoms with Gasteiger partial charge in [0.15, 0.2) is 11.2 Å². The van der Waals surface area contributed by atoms with E-state index in [-0.39, 0.29) is 23.9 Å². The van der Waals surface area contributed by atoms with Crippen molar-refractivity contribution in [2.75, 3.05) is 20.3 Å². The van der Waals surface area contributed by atoms with Gasteiger partial charge < -0.3 is 14.0 Å². The zero-order valence-electron chi connectivity index (χ0n) is 15.3. The number of aryl methyl sites for hydroxylation is 2. The topological polar surface area (TPSA) is 84.7 Å². The lowest BCUT2D eigenvalue weighted by Gasteiger charge is -2.11. The lowest BCUT2D eigenvalue weighted by Crippen LogP contribution is -2.40. The van der Waals surface area contributed by atoms with Crippen molar-refractivity contribution in [1.82, 2.24) is 23.1 Å². The molecule has 0 aliphatic carbocycles. The van der Waals surface area contributed by atoms with Crippen LogP contribution in [-0.4, -0.2) is 49.5 Å². The summed E-state index contributed by atoms with van der Waals surface area (Å²) in [6.45, 7) is 3.97. The maximum absolute atomic E-state index is 12.9. The quantitative estimate of drug-likeness (QED) is 0.652. The Hall–Kier alpha value is -2.39. The summed E-state index contributed by atoms with van der Waals surface area (Å²) in [6, 6.07) is 0. The van der Waals surface area contributed by atoms with Gasteiger partial charge in [0.2, 0.25) is 5.78 Å². The number of rotatable bonds is 5. The molecule has 3 aromatic rings. The Morgan fingerprint density at radius 1 is 1.35 bits per heavy atom. The van der Waals surface area contributed by atoms with Crippen molar-refractivity contribution in [3.05, 3.63) is 32.7 Å². The van der Waals surface area contributed by atoms with Crippen LogP contribution in [0.1, 0.15) is 18.5 Å². The molecule has 4 rings (SSSR count). The minimum atomic E-state index is -0.386. The van der Waals surface area contributed by atoms with E-state index in [2.05, 4.69) is 9.55 Å². The van der Waals surface area contributed by atoms with Crippen LogP contribution in [0.4, 0.5) is 0 Å². The predicted octanol–water partition coefficient (Wildman–Crippen LogP) is 0.283. The molecule has 4 heterocycles. The van der Waals surface area contributed by atoms with Crippen molar-refractivity contribution in [2.45, 2.75) is 39.0 Å². The average Bonchev–Trinajstić information content (AvgIpc) is 3.31. The fourth-order valence-corrected chi connectivity index (χ4v) is 3.65. The van der Waals surface area contributed by atoms with Gasteiger partial charge in [-0.15, -0.1) is 0 Å². The van der Waals surface area contributed by atoms with E-state index in [1.807, 2.05) is 13.1 Å². The number of nitrogens with zero attached hydrogens (tertiary/aromatic N) is 5. The second-order valence-electron chi connectivity index (χ2n) is 6.76. The van der Waals surface area contributed by atoms with Gasteiger partial charge in [0.25, 0.3) is 5.56 Å². The molecule has 0 aromatic carbocycles. The van der Waals surface area contributed by atoms with Crippen LogP contribution in [0.15, 0.2) is 15.8 Å². The average molecular weight is 361 g/mol. The summed E-state index contributed by atoms with van der Waals surface area (Å²) in [5, 5.41) is 0. The molecule has 0 spiro atoms. The first-order valence-electron chi connectivity index (χ1n) is 8.81. The summed E-state index contributed by atoms with van der Waals surface area (Å²) in [4.78, 5) is 30.1. The zero-order chi connectivity index (χ0) is 18.4. The predicted molar refractivity (Wildman–Crippen MR) is 95.8 cm³/mol. The van der Waals surface area contributed by atoms with Crippen LogP contribution in [0.5, 0.6) is 0 Å². The first-order chi connectivity index (χ1) is 12.5. The summed E-state index contributed by atoms with van der Waals surface area (Å²) >= 11 is 0. The molecular weight excluding hydrogens is 338 g/mol. The molecule has 1 saturated heterocycles. The monoisotopic (exact) mass is 361 g/mol. The van der Waals surface area contributed by atoms with Gasteiger partial charge in [0.05, 0.1) is 25.8 Å². The largest absolute Gasteiger partial charge is 0.383 e. The van der Waals surface area contributed by atoms with Crippen molar-refractivity contribution in [2.24, 2.45) is 7.05 Å². The second-order valence-corrected chi connectivity index (χ2v) is 6.76. The standard InChI is InChI=1S/C17H23N5O4/c1-11-9-22-13-14(18-16(22)21(11)10-12-5-4-7-26-12)19(2)17(24)20(15(13)23)6-8-25-3/h9,12H,4-8,10H2,1-3H3/t12-/m1/s1. The summed E-state index contributed by atoms with van der Waals surface area (Å²) in [7, 11) is 3.18. The van der Waals surface area contributed by atoms with E-state index in [1.165, 1.54) is 9.13 Å². The lowest BCUT2D eigenvalue weighted by atomic mass is 10.2. The number of fused-ring (bicyclic) bond motifs is 3. The van der Waals surface area contributed by atoms with Gasteiger partial charge >= 0.3 is 5.69 Å². The Morgan fingerprint density at radius 2 is 2.15 bits per heavy atom. The van der Waals surface area contributed by atoms with E-state index < -0.39 is 0 Å². The molecule has 0 radical (unpaired) electrons. The first-order valence-corrected chi connectivity index (χ1v) is 8.81. The number of ether oxygens (including phenoxy) is 2. The molecule has 9 nitrogen and oxygen atoms in total. The molecule has 26 heavy (non-hydrogen) atoms. The number of hydrogen-bond acceptors (Lipinski definition) is 5. The number of hydrogen-bond donors (Lipinski definition) is 0. The smallest absolute Gasteiger partial charge is 0.332 e. The highest BCUT2D eigenvalue weighted by Gasteiger charge is 2.23. The van der Waals surface area contributed by atoms with Crippen molar-refractivity contribution in [3.63, 3.8) is 0 Å². The number of imidazole rings is 2. The summed E-state index contributed by atoms with van der Waals surface area (Å²) in [5.74, 6) is 0.657. The summed E-state index contributed by atoms with van der Waals surface area (Å²) < 4.78 is 17.2. The number of aromatic nitrogens is 5. The molecule has 0 saturated carbocycles. The van der Waals surface area contributed by atoms with Crippen LogP contribution in [-0.2, 0) is 29.6 Å². The van der Waals surface area contributed by atoms with E-state index in [1.54, 1.807) is 18.6 Å². The van der Waals surface area contributed by atoms with E-state index in [9.17, 15) is 9.59 Å². The minimum Gasteiger partial charge on any atom is -0.383 e. The van der Waals surface area contributed by atoms with Crippen LogP contribution in [0.3, 0.4) is 0 Å². The van der Waals surface area contributed by atoms with Crippen molar-refractivity contribution in [3.8, 4) is 0 Å². The Kier molecular flexibility index (Phi) is 4.20. The summed E-state index contributed by atoms with van der Waals surface area (Å²) in [6.07, 6.45) is 4.14. The molecule has 1 aliphatic rings. The maximum Gasteiger partial charge on any atom is 0.332 e. The third-order valence-corrected chi connectivity index (χ3v) is 5.07. The molecule has 0 bridgehead atoms. The van der Waals surface area contributed by atoms with Gasteiger partial charge in [0, 0.05) is 32.7 Å². The molecule has 0 N–H and O–H groups in total. The highest BCUT2D eigenvalue weighted by molar-refractivity contribution is 5.75. The van der Waals surface area contributed by atoms with Crippen LogP contribution >= 0.6 is 0 Å². The molecule has 9 heteroatoms. The fourth-order valence-electron chi connectivity index (χ4n) is 3.65. The van der Waals surface area contributed by atoms with Crippen LogP contribution < -0.4 is 11.2 Å². The van der Waals surface area contributed by atoms with Crippen LogP contribution in [0.2, 0.25) is 0 Å². The first kappa shape index (κ1) is 17.0. The van der Waals surface area contributed by atoms with Crippen molar-refractivity contribution >= 4 is 16.9 Å². The molecule has 3 aromatic heterocycles. The van der Waals surface area contributed by atoms with E-state index >= 15 is 0 Å². The second kappa shape index (κ2) is 6.40. The third-order valence-electron chi connectivity index (χ3n) is 5.07. The van der Waals surface area contributed by atoms with E-state index in [0.717, 1.165) is 25.1 Å². The van der Waals surface area contributed by atoms with Gasteiger partial charge in [-0.05, 0) is 19.8 Å². The molecule has 0 unspecified atom stereocenters. The molecule has 140 valence electrons. The lowest BCUT2D eigenvalue weighted by molar-refractivity contribution is 0.0974. The number of methoxy groups -OCH3 is 1. The van der Waals surface area contributed by atoms with Gasteiger partial charge in [-0.3, -0.25) is 18.3 Å². The SMILES string of the molecule is COCCn1c(=O)c2c(nc3n(C[C@H]4CCCO4)c(C)cn23)n(C)c1=O. The molecule has 1 fully saturated rings. The van der Waals surface area contributed by atoms with Crippen molar-refractivity contribution in [1.29, 1.82) is 0 Å². The van der Waals surface area contributed by atoms with Gasteiger partial charge in [0.1, 0.15) is 0 Å². The molecule has 1 atom stereocenters. The highest BCUT2D eigenvalue weighted by Crippen LogP contribution is 2.20. The molecular formula is C17H23N5O4. The third kappa shape index (κ3) is 2.50. The van der Waals surface area contributed by atoms with Gasteiger partial charge in [-0.1, -0.05) is 0 Å². The highest BCUT2D eigenvalue weighted by atomic mass is 16.5. The fraction of sp³-hybridized carbons (Fsp3) is 0.588. The molecule has 0 amide bonds. The minimum absolute atomic E-state index is 0.159. The normalized spacial score (nSPS) is 17.7. The van der Waals surface area contributed by atoms with Gasteiger partial charge in [-0.25, -0.2) is 4.79 Å². The van der Waals surface area contributed by atoms with Crippen molar-refractivity contribution < 1.29 is 9.47 Å². The maximum atomic E-state index is 12.9. The van der Waals surface area contributed by atoms with Crippen LogP contribution in [0.25, 0.3) is 16.9 Å². The Balaban J connectivity index is 1.93. The Labute approximate surface area is 149 Å². The van der Waals surface area contributed by atoms with E-state index in [4.69, 9.17) is 9.47 Å². The molecule has 1 aliphatic heterocycles. The van der Waals surface area contributed by atoms with E-state index in [0.29, 0.717) is 30.1 Å². The summed E-state index contributed by atoms with van der Waals surface area (Å²) in [5.41, 5.74) is 1.07. The zero-order valence-corrected chi connectivity index (χ0v) is 15.3. The Morgan fingerprint density at radius 3 is 2.85 bits per heavy atom. The Bertz CT molecular complexity index is 1080. The van der Waals surface area contributed by atoms with Gasteiger partial charge in [-0.2, -0.15) is 4.98 Å². The van der Waals surface area contributed by atoms with Crippen LogP contribution in [0, 0.1) is 6.92 Å².